The SMILES string of the molecule is CCc1nc2ccccc2n1CCC(=O)N1C[C@@]2(C(=O)O)C[C@@]2(C(=O)O)C1.O=CO. The molecule has 0 unspecified atom stereocenters. The van der Waals surface area contributed by atoms with E-state index in [2.05, 4.69) is 4.98 Å². The fraction of sp³-hybridized carbons (Fsp3) is 0.450. The Balaban J connectivity index is 0.000000806. The van der Waals surface area contributed by atoms with Crippen molar-refractivity contribution in [1.82, 2.24) is 14.5 Å². The van der Waals surface area contributed by atoms with E-state index in [1.807, 2.05) is 35.8 Å². The largest absolute Gasteiger partial charge is 0.483 e. The van der Waals surface area contributed by atoms with Crippen LogP contribution in [0.4, 0.5) is 0 Å². The number of aliphatic carboxylic acids is 2. The highest BCUT2D eigenvalue weighted by atomic mass is 16.4. The van der Waals surface area contributed by atoms with Gasteiger partial charge < -0.3 is 24.8 Å². The van der Waals surface area contributed by atoms with Crippen LogP contribution >= 0.6 is 0 Å². The first-order valence-electron chi connectivity index (χ1n) is 9.53. The Labute approximate surface area is 171 Å². The number of carboxylic acid groups (broad SMARTS) is 3. The van der Waals surface area contributed by atoms with Crippen molar-refractivity contribution in [2.75, 3.05) is 13.1 Å². The fourth-order valence-electron chi connectivity index (χ4n) is 4.48. The number of para-hydroxylation sites is 2. The second kappa shape index (κ2) is 7.77. The maximum atomic E-state index is 12.7. The number of carbonyl (C=O) groups is 4. The first-order valence-corrected chi connectivity index (χ1v) is 9.53. The number of aromatic nitrogens is 2. The van der Waals surface area contributed by atoms with Crippen LogP contribution in [0.3, 0.4) is 0 Å². The van der Waals surface area contributed by atoms with E-state index in [1.165, 1.54) is 4.90 Å². The van der Waals surface area contributed by atoms with Gasteiger partial charge in [-0.1, -0.05) is 19.1 Å². The van der Waals surface area contributed by atoms with Gasteiger partial charge in [0.1, 0.15) is 16.7 Å². The third kappa shape index (κ3) is 3.17. The van der Waals surface area contributed by atoms with E-state index in [0.29, 0.717) is 6.54 Å². The van der Waals surface area contributed by atoms with Gasteiger partial charge in [0.2, 0.25) is 5.91 Å². The monoisotopic (exact) mass is 417 g/mol. The molecule has 1 amide bonds. The number of likely N-dealkylation sites (tertiary alicyclic amines) is 1. The van der Waals surface area contributed by atoms with E-state index in [1.54, 1.807) is 0 Å². The van der Waals surface area contributed by atoms with Crippen LogP contribution in [0.5, 0.6) is 0 Å². The number of fused-ring (bicyclic) bond motifs is 2. The first kappa shape index (κ1) is 21.3. The van der Waals surface area contributed by atoms with Crippen LogP contribution in [0, 0.1) is 10.8 Å². The van der Waals surface area contributed by atoms with Gasteiger partial charge in [0.25, 0.3) is 6.47 Å². The zero-order valence-corrected chi connectivity index (χ0v) is 16.4. The van der Waals surface area contributed by atoms with Gasteiger partial charge in [-0.25, -0.2) is 4.98 Å². The van der Waals surface area contributed by atoms with E-state index >= 15 is 0 Å². The summed E-state index contributed by atoms with van der Waals surface area (Å²) in [6.45, 7) is 2.12. The number of nitrogens with zero attached hydrogens (tertiary/aromatic N) is 3. The van der Waals surface area contributed by atoms with Gasteiger partial charge in [0.15, 0.2) is 0 Å². The molecule has 1 aromatic carbocycles. The Morgan fingerprint density at radius 2 is 1.70 bits per heavy atom. The number of benzene rings is 1. The van der Waals surface area contributed by atoms with Gasteiger partial charge in [-0.05, 0) is 18.6 Å². The number of amides is 1. The van der Waals surface area contributed by atoms with Crippen LogP contribution in [0.25, 0.3) is 11.0 Å². The zero-order valence-electron chi connectivity index (χ0n) is 16.4. The molecule has 1 aliphatic carbocycles. The summed E-state index contributed by atoms with van der Waals surface area (Å²) in [7, 11) is 0. The molecule has 2 aromatic rings. The Hall–Kier alpha value is -3.43. The predicted molar refractivity (Wildman–Crippen MR) is 104 cm³/mol. The van der Waals surface area contributed by atoms with Crippen molar-refractivity contribution in [2.24, 2.45) is 10.8 Å². The van der Waals surface area contributed by atoms with Crippen molar-refractivity contribution in [2.45, 2.75) is 32.7 Å². The first-order chi connectivity index (χ1) is 14.3. The van der Waals surface area contributed by atoms with E-state index in [0.717, 1.165) is 23.3 Å². The van der Waals surface area contributed by atoms with E-state index in [-0.39, 0.29) is 38.3 Å². The number of imidazole rings is 1. The predicted octanol–water partition coefficient (Wildman–Crippen LogP) is 1.08. The summed E-state index contributed by atoms with van der Waals surface area (Å²) >= 11 is 0. The maximum Gasteiger partial charge on any atom is 0.312 e. The highest BCUT2D eigenvalue weighted by molar-refractivity contribution is 5.96. The number of hydrogen-bond acceptors (Lipinski definition) is 5. The van der Waals surface area contributed by atoms with Gasteiger partial charge in [-0.15, -0.1) is 0 Å². The number of piperidine rings is 1. The van der Waals surface area contributed by atoms with Crippen molar-refractivity contribution in [3.63, 3.8) is 0 Å². The van der Waals surface area contributed by atoms with E-state index in [9.17, 15) is 24.6 Å². The lowest BCUT2D eigenvalue weighted by atomic mass is 9.97. The normalized spacial score (nSPS) is 24.0. The molecule has 3 N–H and O–H groups in total. The van der Waals surface area contributed by atoms with Crippen molar-refractivity contribution in [3.05, 3.63) is 30.1 Å². The van der Waals surface area contributed by atoms with Crippen LogP contribution in [0.1, 0.15) is 25.6 Å². The van der Waals surface area contributed by atoms with Crippen LogP contribution in [0.15, 0.2) is 24.3 Å². The van der Waals surface area contributed by atoms with Gasteiger partial charge >= 0.3 is 11.9 Å². The molecule has 10 nitrogen and oxygen atoms in total. The van der Waals surface area contributed by atoms with Crippen molar-refractivity contribution >= 4 is 35.4 Å². The standard InChI is InChI=1S/C19H21N3O5.CH2O2/c1-2-14-20-12-5-3-4-6-13(12)22(14)8-7-15(23)21-10-18(16(24)25)9-19(18,11-21)17(26)27;2-1-3/h3-6H,2,7-11H2,1H3,(H,24,25)(H,26,27);1H,(H,2,3)/t18-,19+;. The Bertz CT molecular complexity index is 989. The third-order valence-corrected chi connectivity index (χ3v) is 6.09. The molecule has 160 valence electrons. The van der Waals surface area contributed by atoms with E-state index < -0.39 is 22.8 Å². The molecule has 2 atom stereocenters. The highest BCUT2D eigenvalue weighted by Gasteiger charge is 2.81. The molecule has 1 aromatic heterocycles. The Kier molecular flexibility index (Phi) is 5.51. The molecule has 0 bridgehead atoms. The second-order valence-corrected chi connectivity index (χ2v) is 7.58. The summed E-state index contributed by atoms with van der Waals surface area (Å²) in [5.41, 5.74) is -0.829. The van der Waals surface area contributed by atoms with Crippen LogP contribution in [-0.4, -0.2) is 67.2 Å². The average molecular weight is 417 g/mol. The van der Waals surface area contributed by atoms with Gasteiger partial charge in [-0.2, -0.15) is 0 Å². The molecule has 2 heterocycles. The summed E-state index contributed by atoms with van der Waals surface area (Å²) in [5.74, 6) is -1.59. The van der Waals surface area contributed by atoms with Crippen molar-refractivity contribution in [1.29, 1.82) is 0 Å². The summed E-state index contributed by atoms with van der Waals surface area (Å²) in [5, 5.41) is 25.9. The van der Waals surface area contributed by atoms with Gasteiger partial charge in [-0.3, -0.25) is 19.2 Å². The fourth-order valence-corrected chi connectivity index (χ4v) is 4.48. The third-order valence-electron chi connectivity index (χ3n) is 6.09. The summed E-state index contributed by atoms with van der Waals surface area (Å²) in [6.07, 6.45) is 1.01. The Morgan fingerprint density at radius 3 is 2.23 bits per heavy atom. The molecule has 4 rings (SSSR count). The lowest BCUT2D eigenvalue weighted by Gasteiger charge is -2.20. The number of carboxylic acids is 2. The van der Waals surface area contributed by atoms with Crippen molar-refractivity contribution in [3.8, 4) is 0 Å². The summed E-state index contributed by atoms with van der Waals surface area (Å²) in [6, 6.07) is 7.71. The molecule has 1 saturated heterocycles. The minimum Gasteiger partial charge on any atom is -0.483 e. The summed E-state index contributed by atoms with van der Waals surface area (Å²) in [4.78, 5) is 50.2. The molecular weight excluding hydrogens is 394 g/mol. The van der Waals surface area contributed by atoms with Crippen LogP contribution in [-0.2, 0) is 32.1 Å². The number of rotatable bonds is 6. The molecule has 30 heavy (non-hydrogen) atoms. The smallest absolute Gasteiger partial charge is 0.312 e. The van der Waals surface area contributed by atoms with Crippen LogP contribution in [0.2, 0.25) is 0 Å². The lowest BCUT2D eigenvalue weighted by Crippen LogP contribution is -2.35. The number of hydrogen-bond donors (Lipinski definition) is 3. The van der Waals surface area contributed by atoms with Gasteiger partial charge in [0, 0.05) is 32.5 Å². The van der Waals surface area contributed by atoms with Crippen LogP contribution < -0.4 is 0 Å². The quantitative estimate of drug-likeness (QED) is 0.591. The molecule has 2 aliphatic rings. The van der Waals surface area contributed by atoms with Gasteiger partial charge in [0.05, 0.1) is 11.0 Å². The topological polar surface area (TPSA) is 150 Å². The number of aryl methyl sites for hydroxylation is 2. The minimum absolute atomic E-state index is 0.0290. The number of carbonyl (C=O) groups excluding carboxylic acids is 1. The zero-order chi connectivity index (χ0) is 22.1. The molecule has 1 aliphatic heterocycles. The minimum atomic E-state index is -1.33. The molecule has 10 heteroatoms. The highest BCUT2D eigenvalue weighted by Crippen LogP contribution is 2.68. The molecule has 1 saturated carbocycles. The second-order valence-electron chi connectivity index (χ2n) is 7.58. The average Bonchev–Trinajstić information content (AvgIpc) is 3.06. The van der Waals surface area contributed by atoms with Crippen molar-refractivity contribution < 1.29 is 34.5 Å². The lowest BCUT2D eigenvalue weighted by molar-refractivity contribution is -0.151. The molecule has 0 radical (unpaired) electrons. The molecular formula is C20H23N3O7. The molecule has 0 spiro atoms. The Morgan fingerprint density at radius 1 is 1.13 bits per heavy atom. The molecule has 2 fully saturated rings. The maximum absolute atomic E-state index is 12.7. The summed E-state index contributed by atoms with van der Waals surface area (Å²) < 4.78 is 2.00. The van der Waals surface area contributed by atoms with E-state index in [4.69, 9.17) is 9.90 Å².